The van der Waals surface area contributed by atoms with E-state index in [1.807, 2.05) is 23.1 Å². The van der Waals surface area contributed by atoms with Crippen LogP contribution in [0, 0.1) is 5.82 Å². The molecule has 0 unspecified atom stereocenters. The first-order valence-electron chi connectivity index (χ1n) is 9.08. The molecule has 2 aromatic carbocycles. The largest absolute Gasteiger partial charge is 0.331 e. The average Bonchev–Trinajstić information content (AvgIpc) is 3.40. The minimum atomic E-state index is -0.291. The van der Waals surface area contributed by atoms with E-state index in [-0.39, 0.29) is 23.7 Å². The van der Waals surface area contributed by atoms with Gasteiger partial charge in [-0.1, -0.05) is 18.2 Å². The summed E-state index contributed by atoms with van der Waals surface area (Å²) in [5.74, 6) is -0.251. The van der Waals surface area contributed by atoms with E-state index in [4.69, 9.17) is 0 Å². The molecule has 0 aromatic heterocycles. The average molecular weight is 352 g/mol. The maximum absolute atomic E-state index is 13.5. The van der Waals surface area contributed by atoms with Crippen molar-refractivity contribution in [1.82, 2.24) is 4.90 Å². The fraction of sp³-hybridized carbons (Fsp3) is 0.333. The Morgan fingerprint density at radius 3 is 2.65 bits per heavy atom. The van der Waals surface area contributed by atoms with Gasteiger partial charge in [0.2, 0.25) is 5.91 Å². The van der Waals surface area contributed by atoms with Crippen molar-refractivity contribution in [2.75, 3.05) is 11.4 Å². The number of hydrogen-bond donors (Lipinski definition) is 0. The molecule has 1 aliphatic heterocycles. The van der Waals surface area contributed by atoms with E-state index in [0.29, 0.717) is 25.1 Å². The molecule has 1 heterocycles. The number of hydrogen-bond acceptors (Lipinski definition) is 2. The van der Waals surface area contributed by atoms with Gasteiger partial charge >= 0.3 is 0 Å². The van der Waals surface area contributed by atoms with E-state index in [2.05, 4.69) is 0 Å². The third kappa shape index (κ3) is 3.47. The highest BCUT2D eigenvalue weighted by Gasteiger charge is 2.33. The Bertz CT molecular complexity index is 847. The van der Waals surface area contributed by atoms with Gasteiger partial charge in [0.05, 0.1) is 0 Å². The summed E-state index contributed by atoms with van der Waals surface area (Å²) in [6.45, 7) is 1.10. The molecule has 2 aliphatic rings. The molecule has 0 N–H and O–H groups in total. The van der Waals surface area contributed by atoms with Crippen LogP contribution in [0.5, 0.6) is 0 Å². The molecule has 1 aliphatic carbocycles. The van der Waals surface area contributed by atoms with Crippen LogP contribution in [0.25, 0.3) is 0 Å². The summed E-state index contributed by atoms with van der Waals surface area (Å²) in [5.41, 5.74) is 2.14. The van der Waals surface area contributed by atoms with Gasteiger partial charge in [0, 0.05) is 36.8 Å². The lowest BCUT2D eigenvalue weighted by atomic mass is 10.1. The molecule has 1 saturated heterocycles. The summed E-state index contributed by atoms with van der Waals surface area (Å²) in [5, 5.41) is 0. The predicted molar refractivity (Wildman–Crippen MR) is 97.3 cm³/mol. The lowest BCUT2D eigenvalue weighted by molar-refractivity contribution is -0.117. The first-order valence-corrected chi connectivity index (χ1v) is 9.08. The van der Waals surface area contributed by atoms with Gasteiger partial charge in [-0.3, -0.25) is 9.59 Å². The highest BCUT2D eigenvalue weighted by Crippen LogP contribution is 2.31. The highest BCUT2D eigenvalue weighted by molar-refractivity contribution is 5.99. The summed E-state index contributed by atoms with van der Waals surface area (Å²) in [4.78, 5) is 28.6. The Kier molecular flexibility index (Phi) is 4.45. The van der Waals surface area contributed by atoms with Crippen LogP contribution in [0.4, 0.5) is 10.1 Å². The van der Waals surface area contributed by atoms with Gasteiger partial charge in [-0.05, 0) is 55.2 Å². The monoisotopic (exact) mass is 352 g/mol. The van der Waals surface area contributed by atoms with Crippen LogP contribution >= 0.6 is 0 Å². The van der Waals surface area contributed by atoms with Gasteiger partial charge in [-0.25, -0.2) is 4.39 Å². The summed E-state index contributed by atoms with van der Waals surface area (Å²) < 4.78 is 13.5. The van der Waals surface area contributed by atoms with Gasteiger partial charge in [-0.2, -0.15) is 0 Å². The zero-order valence-corrected chi connectivity index (χ0v) is 14.5. The third-order valence-electron chi connectivity index (χ3n) is 4.97. The second-order valence-electron chi connectivity index (χ2n) is 6.99. The van der Waals surface area contributed by atoms with Crippen molar-refractivity contribution in [2.45, 2.75) is 38.3 Å². The minimum Gasteiger partial charge on any atom is -0.331 e. The van der Waals surface area contributed by atoms with Crippen molar-refractivity contribution in [3.63, 3.8) is 0 Å². The van der Waals surface area contributed by atoms with Crippen molar-refractivity contribution < 1.29 is 14.0 Å². The number of halogens is 1. The fourth-order valence-electron chi connectivity index (χ4n) is 3.48. The SMILES string of the molecule is O=C1CCCN1c1cccc(C(=O)N(Cc2cccc(F)c2)C2CC2)c1. The fourth-order valence-corrected chi connectivity index (χ4v) is 3.48. The Morgan fingerprint density at radius 2 is 1.96 bits per heavy atom. The van der Waals surface area contributed by atoms with E-state index >= 15 is 0 Å². The van der Waals surface area contributed by atoms with Gasteiger partial charge < -0.3 is 9.80 Å². The summed E-state index contributed by atoms with van der Waals surface area (Å²) >= 11 is 0. The van der Waals surface area contributed by atoms with Gasteiger partial charge in [-0.15, -0.1) is 0 Å². The van der Waals surface area contributed by atoms with Crippen LogP contribution in [0.3, 0.4) is 0 Å². The first kappa shape index (κ1) is 16.8. The molecule has 1 saturated carbocycles. The van der Waals surface area contributed by atoms with E-state index in [9.17, 15) is 14.0 Å². The van der Waals surface area contributed by atoms with Crippen LogP contribution in [0.2, 0.25) is 0 Å². The van der Waals surface area contributed by atoms with Crippen LogP contribution in [-0.2, 0) is 11.3 Å². The second kappa shape index (κ2) is 6.90. The molecule has 0 atom stereocenters. The summed E-state index contributed by atoms with van der Waals surface area (Å²) in [6.07, 6.45) is 3.37. The van der Waals surface area contributed by atoms with E-state index in [1.54, 1.807) is 23.1 Å². The standard InChI is InChI=1S/C21H21FN2O2/c22-17-6-1-4-15(12-17)14-24(18-9-10-18)21(26)16-5-2-7-19(13-16)23-11-3-8-20(23)25/h1-2,4-7,12-13,18H,3,8-11,14H2. The zero-order chi connectivity index (χ0) is 18.1. The summed E-state index contributed by atoms with van der Waals surface area (Å²) in [7, 11) is 0. The Hall–Kier alpha value is -2.69. The van der Waals surface area contributed by atoms with Crippen LogP contribution in [0.15, 0.2) is 48.5 Å². The number of rotatable bonds is 5. The van der Waals surface area contributed by atoms with Crippen LogP contribution in [0.1, 0.15) is 41.6 Å². The molecule has 4 rings (SSSR count). The quantitative estimate of drug-likeness (QED) is 0.822. The Balaban J connectivity index is 1.57. The van der Waals surface area contributed by atoms with Gasteiger partial charge in [0.25, 0.3) is 5.91 Å². The van der Waals surface area contributed by atoms with Gasteiger partial charge in [0.1, 0.15) is 5.82 Å². The molecule has 2 fully saturated rings. The van der Waals surface area contributed by atoms with Crippen molar-refractivity contribution in [3.05, 3.63) is 65.5 Å². The number of nitrogens with zero attached hydrogens (tertiary/aromatic N) is 2. The van der Waals surface area contributed by atoms with E-state index < -0.39 is 0 Å². The number of amides is 2. The Labute approximate surface area is 152 Å². The summed E-state index contributed by atoms with van der Waals surface area (Å²) in [6, 6.07) is 13.9. The normalized spacial score (nSPS) is 16.8. The van der Waals surface area contributed by atoms with Gasteiger partial charge in [0.15, 0.2) is 0 Å². The molecule has 0 bridgehead atoms. The maximum Gasteiger partial charge on any atom is 0.254 e. The van der Waals surface area contributed by atoms with E-state index in [0.717, 1.165) is 30.5 Å². The number of carbonyl (C=O) groups is 2. The molecule has 0 spiro atoms. The molecule has 134 valence electrons. The molecular formula is C21H21FN2O2. The second-order valence-corrected chi connectivity index (χ2v) is 6.99. The van der Waals surface area contributed by atoms with E-state index in [1.165, 1.54) is 12.1 Å². The number of anilines is 1. The van der Waals surface area contributed by atoms with Crippen LogP contribution in [-0.4, -0.2) is 29.3 Å². The molecule has 26 heavy (non-hydrogen) atoms. The van der Waals surface area contributed by atoms with Crippen molar-refractivity contribution in [1.29, 1.82) is 0 Å². The molecule has 2 aromatic rings. The maximum atomic E-state index is 13.5. The molecule has 0 radical (unpaired) electrons. The number of benzene rings is 2. The van der Waals surface area contributed by atoms with Crippen molar-refractivity contribution in [2.24, 2.45) is 0 Å². The minimum absolute atomic E-state index is 0.0646. The number of carbonyl (C=O) groups excluding carboxylic acids is 2. The van der Waals surface area contributed by atoms with Crippen LogP contribution < -0.4 is 4.90 Å². The van der Waals surface area contributed by atoms with Crippen molar-refractivity contribution >= 4 is 17.5 Å². The predicted octanol–water partition coefficient (Wildman–Crippen LogP) is 3.76. The smallest absolute Gasteiger partial charge is 0.254 e. The topological polar surface area (TPSA) is 40.6 Å². The lowest BCUT2D eigenvalue weighted by Crippen LogP contribution is -2.33. The molecule has 5 heteroatoms. The lowest BCUT2D eigenvalue weighted by Gasteiger charge is -2.24. The highest BCUT2D eigenvalue weighted by atomic mass is 19.1. The first-order chi connectivity index (χ1) is 12.6. The Morgan fingerprint density at radius 1 is 1.15 bits per heavy atom. The van der Waals surface area contributed by atoms with Crippen molar-refractivity contribution in [3.8, 4) is 0 Å². The molecule has 2 amide bonds. The zero-order valence-electron chi connectivity index (χ0n) is 14.5. The third-order valence-corrected chi connectivity index (χ3v) is 4.97. The molecular weight excluding hydrogens is 331 g/mol. The molecule has 4 nitrogen and oxygen atoms in total.